The van der Waals surface area contributed by atoms with Crippen LogP contribution >= 0.6 is 0 Å². The maximum atomic E-state index is 6.33. The van der Waals surface area contributed by atoms with Gasteiger partial charge in [0, 0.05) is 6.04 Å². The van der Waals surface area contributed by atoms with Gasteiger partial charge in [0.2, 0.25) is 0 Å². The minimum absolute atomic E-state index is 0.385. The molecule has 16 heavy (non-hydrogen) atoms. The molecular weight excluding hydrogens is 194 g/mol. The Bertz CT molecular complexity index is 358. The molecule has 86 valence electrons. The molecule has 3 atom stereocenters. The fourth-order valence-electron chi connectivity index (χ4n) is 3.27. The highest BCUT2D eigenvalue weighted by Crippen LogP contribution is 2.55. The van der Waals surface area contributed by atoms with Crippen molar-refractivity contribution in [1.29, 1.82) is 0 Å². The van der Waals surface area contributed by atoms with Crippen LogP contribution in [-0.2, 0) is 6.42 Å². The summed E-state index contributed by atoms with van der Waals surface area (Å²) in [4.78, 5) is 0. The van der Waals surface area contributed by atoms with Gasteiger partial charge < -0.3 is 5.73 Å². The van der Waals surface area contributed by atoms with Crippen molar-refractivity contribution in [1.82, 2.24) is 0 Å². The van der Waals surface area contributed by atoms with Crippen molar-refractivity contribution in [3.63, 3.8) is 0 Å². The van der Waals surface area contributed by atoms with Crippen LogP contribution in [0.1, 0.15) is 30.4 Å². The molecule has 3 unspecified atom stereocenters. The van der Waals surface area contributed by atoms with E-state index < -0.39 is 0 Å². The van der Waals surface area contributed by atoms with Gasteiger partial charge in [0.1, 0.15) is 0 Å². The summed E-state index contributed by atoms with van der Waals surface area (Å²) in [5.41, 5.74) is 9.07. The van der Waals surface area contributed by atoms with Gasteiger partial charge in [-0.3, -0.25) is 0 Å². The highest BCUT2D eigenvalue weighted by molar-refractivity contribution is 5.22. The molecule has 2 aliphatic carbocycles. The molecule has 0 radical (unpaired) electrons. The van der Waals surface area contributed by atoms with Gasteiger partial charge in [-0.25, -0.2) is 0 Å². The van der Waals surface area contributed by atoms with Crippen molar-refractivity contribution >= 4 is 0 Å². The molecule has 1 heteroatoms. The molecule has 1 aromatic rings. The predicted octanol–water partition coefficient (Wildman–Crippen LogP) is 2.91. The summed E-state index contributed by atoms with van der Waals surface area (Å²) in [6.07, 6.45) is 5.35. The first-order valence-electron chi connectivity index (χ1n) is 6.53. The van der Waals surface area contributed by atoms with E-state index in [0.29, 0.717) is 6.04 Å². The molecular formula is C15H21N. The average molecular weight is 215 g/mol. The summed E-state index contributed by atoms with van der Waals surface area (Å²) >= 11 is 0. The summed E-state index contributed by atoms with van der Waals surface area (Å²) in [5, 5.41) is 0. The third kappa shape index (κ3) is 2.01. The minimum atomic E-state index is 0.385. The van der Waals surface area contributed by atoms with E-state index in [-0.39, 0.29) is 0 Å². The maximum Gasteiger partial charge on any atom is 0.0108 e. The van der Waals surface area contributed by atoms with E-state index in [2.05, 4.69) is 31.2 Å². The van der Waals surface area contributed by atoms with Crippen LogP contribution in [0.5, 0.6) is 0 Å². The number of rotatable bonds is 3. The Morgan fingerprint density at radius 1 is 1.12 bits per heavy atom. The Kier molecular flexibility index (Phi) is 2.51. The number of aryl methyl sites for hydroxylation is 1. The van der Waals surface area contributed by atoms with E-state index in [1.165, 1.54) is 30.4 Å². The second-order valence-electron chi connectivity index (χ2n) is 5.84. The SMILES string of the molecule is Cc1ccc(CC(N)C2CC3CC3C2)cc1. The summed E-state index contributed by atoms with van der Waals surface area (Å²) in [6, 6.07) is 9.22. The lowest BCUT2D eigenvalue weighted by atomic mass is 9.90. The van der Waals surface area contributed by atoms with Gasteiger partial charge in [-0.05, 0) is 55.9 Å². The third-order valence-corrected chi connectivity index (χ3v) is 4.48. The lowest BCUT2D eigenvalue weighted by molar-refractivity contribution is 0.392. The quantitative estimate of drug-likeness (QED) is 0.824. The summed E-state index contributed by atoms with van der Waals surface area (Å²) in [6.45, 7) is 2.13. The lowest BCUT2D eigenvalue weighted by Crippen LogP contribution is -2.31. The number of hydrogen-bond acceptors (Lipinski definition) is 1. The standard InChI is InChI=1S/C15H21N/c1-10-2-4-11(5-3-10)6-15(16)14-8-12-7-13(12)9-14/h2-5,12-15H,6-9,16H2,1H3. The van der Waals surface area contributed by atoms with Gasteiger partial charge in [-0.15, -0.1) is 0 Å². The summed E-state index contributed by atoms with van der Waals surface area (Å²) < 4.78 is 0. The van der Waals surface area contributed by atoms with Crippen LogP contribution in [0.2, 0.25) is 0 Å². The summed E-state index contributed by atoms with van der Waals surface area (Å²) in [7, 11) is 0. The molecule has 0 aliphatic heterocycles. The first-order valence-corrected chi connectivity index (χ1v) is 6.53. The van der Waals surface area contributed by atoms with Crippen LogP contribution in [0.4, 0.5) is 0 Å². The largest absolute Gasteiger partial charge is 0.327 e. The maximum absolute atomic E-state index is 6.33. The minimum Gasteiger partial charge on any atom is -0.327 e. The van der Waals surface area contributed by atoms with E-state index in [9.17, 15) is 0 Å². The van der Waals surface area contributed by atoms with Crippen molar-refractivity contribution in [2.24, 2.45) is 23.5 Å². The second kappa shape index (κ2) is 3.89. The Morgan fingerprint density at radius 3 is 2.38 bits per heavy atom. The van der Waals surface area contributed by atoms with Crippen molar-refractivity contribution in [3.8, 4) is 0 Å². The molecule has 0 saturated heterocycles. The van der Waals surface area contributed by atoms with Crippen molar-refractivity contribution in [3.05, 3.63) is 35.4 Å². The smallest absolute Gasteiger partial charge is 0.0108 e. The van der Waals surface area contributed by atoms with Crippen LogP contribution in [-0.4, -0.2) is 6.04 Å². The number of benzene rings is 1. The molecule has 0 heterocycles. The monoisotopic (exact) mass is 215 g/mol. The van der Waals surface area contributed by atoms with Crippen LogP contribution in [0.3, 0.4) is 0 Å². The molecule has 0 amide bonds. The van der Waals surface area contributed by atoms with Gasteiger partial charge in [-0.2, -0.15) is 0 Å². The molecule has 3 rings (SSSR count). The van der Waals surface area contributed by atoms with E-state index in [1.54, 1.807) is 0 Å². The molecule has 0 aromatic heterocycles. The molecule has 1 nitrogen and oxygen atoms in total. The van der Waals surface area contributed by atoms with E-state index >= 15 is 0 Å². The predicted molar refractivity (Wildman–Crippen MR) is 67.2 cm³/mol. The molecule has 2 fully saturated rings. The zero-order valence-electron chi connectivity index (χ0n) is 10.0. The van der Waals surface area contributed by atoms with Crippen LogP contribution in [0.15, 0.2) is 24.3 Å². The molecule has 2 aliphatic rings. The van der Waals surface area contributed by atoms with Gasteiger partial charge in [0.25, 0.3) is 0 Å². The molecule has 2 saturated carbocycles. The fourth-order valence-corrected chi connectivity index (χ4v) is 3.27. The normalized spacial score (nSPS) is 33.5. The van der Waals surface area contributed by atoms with Crippen molar-refractivity contribution in [2.45, 2.75) is 38.6 Å². The third-order valence-electron chi connectivity index (χ3n) is 4.48. The molecule has 2 N–H and O–H groups in total. The van der Waals surface area contributed by atoms with Gasteiger partial charge in [0.15, 0.2) is 0 Å². The summed E-state index contributed by atoms with van der Waals surface area (Å²) in [5.74, 6) is 2.90. The van der Waals surface area contributed by atoms with Gasteiger partial charge >= 0.3 is 0 Å². The highest BCUT2D eigenvalue weighted by Gasteiger charge is 2.47. The Hall–Kier alpha value is -0.820. The highest BCUT2D eigenvalue weighted by atomic mass is 14.7. The number of nitrogens with two attached hydrogens (primary N) is 1. The topological polar surface area (TPSA) is 26.0 Å². The van der Waals surface area contributed by atoms with Crippen molar-refractivity contribution in [2.75, 3.05) is 0 Å². The Labute approximate surface area is 98.0 Å². The first kappa shape index (κ1) is 10.3. The Balaban J connectivity index is 1.59. The Morgan fingerprint density at radius 2 is 1.75 bits per heavy atom. The van der Waals surface area contributed by atoms with Crippen LogP contribution < -0.4 is 5.73 Å². The van der Waals surface area contributed by atoms with Crippen LogP contribution in [0.25, 0.3) is 0 Å². The second-order valence-corrected chi connectivity index (χ2v) is 5.84. The van der Waals surface area contributed by atoms with Gasteiger partial charge in [0.05, 0.1) is 0 Å². The van der Waals surface area contributed by atoms with E-state index in [1.807, 2.05) is 0 Å². The first-order chi connectivity index (χ1) is 7.72. The lowest BCUT2D eigenvalue weighted by Gasteiger charge is -2.20. The average Bonchev–Trinajstić information content (AvgIpc) is 2.89. The zero-order valence-corrected chi connectivity index (χ0v) is 10.0. The number of hydrogen-bond donors (Lipinski definition) is 1. The molecule has 0 spiro atoms. The van der Waals surface area contributed by atoms with Crippen LogP contribution in [0, 0.1) is 24.7 Å². The van der Waals surface area contributed by atoms with E-state index in [4.69, 9.17) is 5.73 Å². The molecule has 0 bridgehead atoms. The van der Waals surface area contributed by atoms with Crippen molar-refractivity contribution < 1.29 is 0 Å². The zero-order chi connectivity index (χ0) is 11.1. The van der Waals surface area contributed by atoms with Gasteiger partial charge in [-0.1, -0.05) is 29.8 Å². The van der Waals surface area contributed by atoms with E-state index in [0.717, 1.165) is 24.2 Å². The number of fused-ring (bicyclic) bond motifs is 1. The molecule has 1 aromatic carbocycles. The fraction of sp³-hybridized carbons (Fsp3) is 0.600.